The van der Waals surface area contributed by atoms with E-state index < -0.39 is 10.0 Å². The van der Waals surface area contributed by atoms with Crippen LogP contribution in [-0.2, 0) is 14.8 Å². The van der Waals surface area contributed by atoms with Gasteiger partial charge in [0.1, 0.15) is 18.0 Å². The molecule has 0 bridgehead atoms. The summed E-state index contributed by atoms with van der Waals surface area (Å²) in [7, 11) is -3.59. The van der Waals surface area contributed by atoms with Gasteiger partial charge in [-0.2, -0.15) is 0 Å². The van der Waals surface area contributed by atoms with Crippen molar-refractivity contribution in [3.05, 3.63) is 54.6 Å². The van der Waals surface area contributed by atoms with Crippen molar-refractivity contribution in [2.24, 2.45) is 0 Å². The summed E-state index contributed by atoms with van der Waals surface area (Å²) < 4.78 is 30.8. The Labute approximate surface area is 148 Å². The predicted molar refractivity (Wildman–Crippen MR) is 98.4 cm³/mol. The highest BCUT2D eigenvalue weighted by atomic mass is 32.2. The molecule has 0 saturated heterocycles. The number of para-hydroxylation sites is 1. The van der Waals surface area contributed by atoms with Crippen LogP contribution in [0.1, 0.15) is 13.8 Å². The van der Waals surface area contributed by atoms with Crippen molar-refractivity contribution in [2.45, 2.75) is 19.9 Å². The standard InChI is InChI=1S/C18H22N2O4S/c1-14(2)19-18(21)13-20(25(3,22)23)15-9-11-17(12-10-15)24-16-7-5-4-6-8-16/h4-12,14H,13H2,1-3H3,(H,19,21). The highest BCUT2D eigenvalue weighted by molar-refractivity contribution is 7.92. The maximum Gasteiger partial charge on any atom is 0.240 e. The Bertz CT molecular complexity index is 803. The molecule has 0 aliphatic carbocycles. The molecule has 25 heavy (non-hydrogen) atoms. The number of carbonyl (C=O) groups excluding carboxylic acids is 1. The molecule has 0 aliphatic rings. The molecule has 2 aromatic carbocycles. The molecule has 0 fully saturated rings. The Kier molecular flexibility index (Phi) is 6.03. The van der Waals surface area contributed by atoms with Crippen molar-refractivity contribution in [2.75, 3.05) is 17.1 Å². The number of hydrogen-bond acceptors (Lipinski definition) is 4. The van der Waals surface area contributed by atoms with E-state index in [1.807, 2.05) is 44.2 Å². The van der Waals surface area contributed by atoms with Crippen LogP contribution in [0.4, 0.5) is 5.69 Å². The van der Waals surface area contributed by atoms with Crippen molar-refractivity contribution in [1.82, 2.24) is 5.32 Å². The second kappa shape index (κ2) is 8.02. The molecule has 134 valence electrons. The van der Waals surface area contributed by atoms with E-state index in [9.17, 15) is 13.2 Å². The zero-order valence-electron chi connectivity index (χ0n) is 14.5. The normalized spacial score (nSPS) is 11.2. The first kappa shape index (κ1) is 18.8. The quantitative estimate of drug-likeness (QED) is 0.822. The van der Waals surface area contributed by atoms with Crippen molar-refractivity contribution in [1.29, 1.82) is 0 Å². The van der Waals surface area contributed by atoms with Crippen molar-refractivity contribution < 1.29 is 17.9 Å². The van der Waals surface area contributed by atoms with E-state index in [0.29, 0.717) is 17.2 Å². The first-order valence-corrected chi connectivity index (χ1v) is 9.70. The summed E-state index contributed by atoms with van der Waals surface area (Å²) in [6.07, 6.45) is 1.07. The lowest BCUT2D eigenvalue weighted by Gasteiger charge is -2.22. The van der Waals surface area contributed by atoms with Gasteiger partial charge in [-0.3, -0.25) is 9.10 Å². The molecule has 0 aromatic heterocycles. The Morgan fingerprint density at radius 2 is 1.60 bits per heavy atom. The minimum Gasteiger partial charge on any atom is -0.457 e. The molecule has 1 N–H and O–H groups in total. The zero-order valence-corrected chi connectivity index (χ0v) is 15.3. The molecule has 1 amide bonds. The molecule has 7 heteroatoms. The van der Waals surface area contributed by atoms with E-state index in [0.717, 1.165) is 10.6 Å². The molecule has 0 atom stereocenters. The lowest BCUT2D eigenvalue weighted by Crippen LogP contribution is -2.42. The van der Waals surface area contributed by atoms with Gasteiger partial charge in [-0.25, -0.2) is 8.42 Å². The van der Waals surface area contributed by atoms with Gasteiger partial charge in [-0.15, -0.1) is 0 Å². The van der Waals surface area contributed by atoms with E-state index in [4.69, 9.17) is 4.74 Å². The third-order valence-corrected chi connectivity index (χ3v) is 4.38. The summed E-state index contributed by atoms with van der Waals surface area (Å²) in [4.78, 5) is 12.0. The number of amides is 1. The number of nitrogens with one attached hydrogen (secondary N) is 1. The predicted octanol–water partition coefficient (Wildman–Crippen LogP) is 2.77. The van der Waals surface area contributed by atoms with E-state index in [2.05, 4.69) is 5.32 Å². The minimum absolute atomic E-state index is 0.0597. The molecule has 0 aliphatic heterocycles. The van der Waals surface area contributed by atoms with Gasteiger partial charge >= 0.3 is 0 Å². The molecule has 2 rings (SSSR count). The minimum atomic E-state index is -3.59. The Balaban J connectivity index is 2.16. The monoisotopic (exact) mass is 362 g/mol. The van der Waals surface area contributed by atoms with Crippen LogP contribution in [0.5, 0.6) is 11.5 Å². The number of benzene rings is 2. The average molecular weight is 362 g/mol. The number of rotatable bonds is 7. The molecule has 0 unspecified atom stereocenters. The molecule has 0 spiro atoms. The van der Waals surface area contributed by atoms with E-state index in [1.165, 1.54) is 0 Å². The third kappa shape index (κ3) is 5.79. The van der Waals surface area contributed by atoms with Crippen molar-refractivity contribution in [3.8, 4) is 11.5 Å². The number of nitrogens with zero attached hydrogens (tertiary/aromatic N) is 1. The number of anilines is 1. The molecular formula is C18H22N2O4S. The van der Waals surface area contributed by atoms with Crippen LogP contribution in [-0.4, -0.2) is 33.2 Å². The Morgan fingerprint density at radius 1 is 1.04 bits per heavy atom. The summed E-state index contributed by atoms with van der Waals surface area (Å²) >= 11 is 0. The second-order valence-corrected chi connectivity index (χ2v) is 7.81. The lowest BCUT2D eigenvalue weighted by molar-refractivity contribution is -0.120. The van der Waals surface area contributed by atoms with Gasteiger partial charge in [0.2, 0.25) is 15.9 Å². The summed E-state index contributed by atoms with van der Waals surface area (Å²) in [5.74, 6) is 0.909. The van der Waals surface area contributed by atoms with E-state index in [1.54, 1.807) is 24.3 Å². The second-order valence-electron chi connectivity index (χ2n) is 5.90. The average Bonchev–Trinajstić information content (AvgIpc) is 2.53. The largest absolute Gasteiger partial charge is 0.457 e. The summed E-state index contributed by atoms with van der Waals surface area (Å²) in [5, 5.41) is 2.69. The van der Waals surface area contributed by atoms with Crippen LogP contribution >= 0.6 is 0 Å². The summed E-state index contributed by atoms with van der Waals surface area (Å²) in [5.41, 5.74) is 0.404. The molecular weight excluding hydrogens is 340 g/mol. The highest BCUT2D eigenvalue weighted by Gasteiger charge is 2.21. The Hall–Kier alpha value is -2.54. The molecule has 2 aromatic rings. The van der Waals surface area contributed by atoms with Crippen LogP contribution in [0.3, 0.4) is 0 Å². The van der Waals surface area contributed by atoms with Crippen molar-refractivity contribution >= 4 is 21.6 Å². The SMILES string of the molecule is CC(C)NC(=O)CN(c1ccc(Oc2ccccc2)cc1)S(C)(=O)=O. The number of sulfonamides is 1. The van der Waals surface area contributed by atoms with Crippen LogP contribution in [0, 0.1) is 0 Å². The first-order chi connectivity index (χ1) is 11.8. The van der Waals surface area contributed by atoms with Gasteiger partial charge in [0, 0.05) is 6.04 Å². The number of carbonyl (C=O) groups is 1. The van der Waals surface area contributed by atoms with Crippen molar-refractivity contribution in [3.63, 3.8) is 0 Å². The number of hydrogen-bond donors (Lipinski definition) is 1. The van der Waals surface area contributed by atoms with Crippen LogP contribution in [0.25, 0.3) is 0 Å². The highest BCUT2D eigenvalue weighted by Crippen LogP contribution is 2.25. The van der Waals surface area contributed by atoms with Gasteiger partial charge < -0.3 is 10.1 Å². The number of ether oxygens (including phenoxy) is 1. The third-order valence-electron chi connectivity index (χ3n) is 3.24. The summed E-state index contributed by atoms with van der Waals surface area (Å²) in [6.45, 7) is 3.37. The van der Waals surface area contributed by atoms with Crippen LogP contribution in [0.2, 0.25) is 0 Å². The molecule has 0 saturated carbocycles. The molecule has 6 nitrogen and oxygen atoms in total. The Morgan fingerprint density at radius 3 is 2.12 bits per heavy atom. The fourth-order valence-corrected chi connectivity index (χ4v) is 3.06. The molecule has 0 heterocycles. The van der Waals surface area contributed by atoms with E-state index in [-0.39, 0.29) is 18.5 Å². The smallest absolute Gasteiger partial charge is 0.240 e. The lowest BCUT2D eigenvalue weighted by atomic mass is 10.3. The van der Waals surface area contributed by atoms with Gasteiger partial charge in [0.05, 0.1) is 11.9 Å². The topological polar surface area (TPSA) is 75.7 Å². The maximum absolute atomic E-state index is 12.0. The van der Waals surface area contributed by atoms with Gasteiger partial charge in [0.15, 0.2) is 0 Å². The molecule has 0 radical (unpaired) electrons. The zero-order chi connectivity index (χ0) is 18.4. The van der Waals surface area contributed by atoms with Gasteiger partial charge in [-0.1, -0.05) is 18.2 Å². The first-order valence-electron chi connectivity index (χ1n) is 7.86. The van der Waals surface area contributed by atoms with Crippen LogP contribution in [0.15, 0.2) is 54.6 Å². The summed E-state index contributed by atoms with van der Waals surface area (Å²) in [6, 6.07) is 15.8. The van der Waals surface area contributed by atoms with E-state index >= 15 is 0 Å². The van der Waals surface area contributed by atoms with Gasteiger partial charge in [0.25, 0.3) is 0 Å². The fourth-order valence-electron chi connectivity index (χ4n) is 2.20. The van der Waals surface area contributed by atoms with Crippen LogP contribution < -0.4 is 14.4 Å². The maximum atomic E-state index is 12.0. The fraction of sp³-hybridized carbons (Fsp3) is 0.278. The van der Waals surface area contributed by atoms with Gasteiger partial charge in [-0.05, 0) is 50.2 Å².